The number of ketones is 1. The molecule has 0 saturated heterocycles. The summed E-state index contributed by atoms with van der Waals surface area (Å²) in [7, 11) is 2.74. The van der Waals surface area contributed by atoms with Gasteiger partial charge in [0.1, 0.15) is 0 Å². The summed E-state index contributed by atoms with van der Waals surface area (Å²) in [6.07, 6.45) is -0.932. The summed E-state index contributed by atoms with van der Waals surface area (Å²) in [5, 5.41) is 0.490. The fourth-order valence-electron chi connectivity index (χ4n) is 4.41. The summed E-state index contributed by atoms with van der Waals surface area (Å²) in [5.41, 5.74) is -2.65. The maximum atomic E-state index is 14.2. The molecule has 1 aliphatic heterocycles. The molecule has 0 radical (unpaired) electrons. The Balaban J connectivity index is 1.94. The van der Waals surface area contributed by atoms with Crippen molar-refractivity contribution in [2.75, 3.05) is 7.05 Å². The fraction of sp³-hybridized carbons (Fsp3) is 0.227. The quantitative estimate of drug-likeness (QED) is 0.199. The molecule has 1 atom stereocenters. The number of carbonyl (C=O) groups excluding carboxylic acids is 3. The van der Waals surface area contributed by atoms with Crippen molar-refractivity contribution in [1.82, 2.24) is 9.47 Å². The summed E-state index contributed by atoms with van der Waals surface area (Å²) < 4.78 is 70.6. The van der Waals surface area contributed by atoms with E-state index in [0.717, 1.165) is 4.90 Å². The van der Waals surface area contributed by atoms with Crippen molar-refractivity contribution in [2.45, 2.75) is 18.8 Å². The minimum absolute atomic E-state index is 0.115. The molecule has 1 aliphatic rings. The lowest BCUT2D eigenvalue weighted by Gasteiger charge is -2.37. The average Bonchev–Trinajstić information content (AvgIpc) is 3.07. The van der Waals surface area contributed by atoms with Gasteiger partial charge in [-0.05, 0) is 13.0 Å². The predicted molar refractivity (Wildman–Crippen MR) is 103 cm³/mol. The Morgan fingerprint density at radius 2 is 1.44 bits per heavy atom. The first-order valence-electron chi connectivity index (χ1n) is 9.38. The second kappa shape index (κ2) is 6.98. The molecular weight excluding hydrogens is 435 g/mol. The van der Waals surface area contributed by atoms with Crippen molar-refractivity contribution in [2.24, 2.45) is 7.05 Å². The molecule has 4 rings (SSSR count). The maximum absolute atomic E-state index is 14.2. The van der Waals surface area contributed by atoms with E-state index in [1.165, 1.54) is 18.5 Å². The van der Waals surface area contributed by atoms with Gasteiger partial charge in [0.05, 0.1) is 16.5 Å². The largest absolute Gasteiger partial charge is 0.346 e. The number of hydrogen-bond donors (Lipinski definition) is 0. The lowest BCUT2D eigenvalue weighted by molar-refractivity contribution is -0.133. The Hall–Kier alpha value is -3.56. The number of halogens is 5. The number of nitrogens with zero attached hydrogens (tertiary/aromatic N) is 2. The van der Waals surface area contributed by atoms with Gasteiger partial charge in [-0.3, -0.25) is 19.3 Å². The molecule has 1 aromatic heterocycles. The normalized spacial score (nSPS) is 18.4. The number of likely N-dealkylation sites (N-methyl/N-ethyl adjacent to an activating group) is 1. The number of benzene rings is 2. The molecule has 2 heterocycles. The molecule has 32 heavy (non-hydrogen) atoms. The van der Waals surface area contributed by atoms with Crippen molar-refractivity contribution < 1.29 is 36.3 Å². The third-order valence-electron chi connectivity index (χ3n) is 5.93. The van der Waals surface area contributed by atoms with E-state index in [-0.39, 0.29) is 11.3 Å². The Bertz CT molecular complexity index is 1330. The van der Waals surface area contributed by atoms with Crippen LogP contribution in [0.25, 0.3) is 10.9 Å². The molecule has 0 aliphatic carbocycles. The van der Waals surface area contributed by atoms with Crippen LogP contribution in [0.15, 0.2) is 24.3 Å². The van der Waals surface area contributed by atoms with Crippen LogP contribution in [-0.2, 0) is 17.3 Å². The third-order valence-corrected chi connectivity index (χ3v) is 5.93. The summed E-state index contributed by atoms with van der Waals surface area (Å²) in [6, 6.07) is 6.68. The van der Waals surface area contributed by atoms with E-state index < -0.39 is 64.1 Å². The van der Waals surface area contributed by atoms with Crippen LogP contribution < -0.4 is 0 Å². The predicted octanol–water partition coefficient (Wildman–Crippen LogP) is 4.02. The number of fused-ring (bicyclic) bond motifs is 3. The lowest BCUT2D eigenvalue weighted by atomic mass is 9.74. The highest BCUT2D eigenvalue weighted by Crippen LogP contribution is 2.42. The lowest BCUT2D eigenvalue weighted by Crippen LogP contribution is -2.52. The monoisotopic (exact) mass is 450 g/mol. The van der Waals surface area contributed by atoms with Gasteiger partial charge in [0.25, 0.3) is 5.91 Å². The smallest absolute Gasteiger partial charge is 0.262 e. The van der Waals surface area contributed by atoms with Gasteiger partial charge in [-0.2, -0.15) is 0 Å². The van der Waals surface area contributed by atoms with E-state index in [4.69, 9.17) is 0 Å². The Morgan fingerprint density at radius 3 is 2.03 bits per heavy atom. The Labute approximate surface area is 178 Å². The van der Waals surface area contributed by atoms with Crippen LogP contribution in [0.2, 0.25) is 0 Å². The van der Waals surface area contributed by atoms with Gasteiger partial charge in [0.15, 0.2) is 29.1 Å². The van der Waals surface area contributed by atoms with Gasteiger partial charge in [0.2, 0.25) is 11.7 Å². The van der Waals surface area contributed by atoms with E-state index in [1.54, 1.807) is 31.3 Å². The number of para-hydroxylation sites is 1. The summed E-state index contributed by atoms with van der Waals surface area (Å²) in [5.74, 6) is -14.4. The number of rotatable bonds is 3. The van der Waals surface area contributed by atoms with Crippen molar-refractivity contribution in [1.29, 1.82) is 0 Å². The van der Waals surface area contributed by atoms with E-state index in [0.29, 0.717) is 10.9 Å². The third kappa shape index (κ3) is 2.64. The molecule has 2 amide bonds. The first kappa shape index (κ1) is 21.7. The van der Waals surface area contributed by atoms with Crippen molar-refractivity contribution in [3.05, 3.63) is 70.2 Å². The highest BCUT2D eigenvalue weighted by Gasteiger charge is 2.51. The van der Waals surface area contributed by atoms with Crippen LogP contribution in [0.1, 0.15) is 39.8 Å². The molecule has 0 N–H and O–H groups in total. The maximum Gasteiger partial charge on any atom is 0.262 e. The zero-order valence-corrected chi connectivity index (χ0v) is 17.0. The number of imide groups is 1. The number of Topliss-reactive ketones (excluding diaryl/α,β-unsaturated/α-hetero) is 1. The molecule has 0 saturated carbocycles. The molecule has 0 fully saturated rings. The number of amides is 2. The second-order valence-corrected chi connectivity index (χ2v) is 7.85. The number of carbonyl (C=O) groups is 3. The topological polar surface area (TPSA) is 59.4 Å². The van der Waals surface area contributed by atoms with E-state index >= 15 is 0 Å². The summed E-state index contributed by atoms with van der Waals surface area (Å²) in [4.78, 5) is 39.6. The van der Waals surface area contributed by atoms with Gasteiger partial charge < -0.3 is 4.57 Å². The molecule has 0 bridgehead atoms. The van der Waals surface area contributed by atoms with E-state index in [1.807, 2.05) is 0 Å². The molecule has 0 spiro atoms. The zero-order chi connectivity index (χ0) is 23.7. The molecule has 5 nitrogen and oxygen atoms in total. The highest BCUT2D eigenvalue weighted by atomic mass is 19.2. The number of hydrogen-bond acceptors (Lipinski definition) is 3. The zero-order valence-electron chi connectivity index (χ0n) is 17.0. The first-order chi connectivity index (χ1) is 14.9. The van der Waals surface area contributed by atoms with Gasteiger partial charge in [-0.25, -0.2) is 22.0 Å². The van der Waals surface area contributed by atoms with Crippen LogP contribution in [0.5, 0.6) is 0 Å². The van der Waals surface area contributed by atoms with Crippen LogP contribution in [-0.4, -0.2) is 34.1 Å². The molecule has 1 unspecified atom stereocenters. The first-order valence-corrected chi connectivity index (χ1v) is 9.38. The SMILES string of the molecule is CN1C(=O)c2c(n(C)c3ccccc23)C(C)(CC(=O)c2c(F)c(F)c(F)c(F)c2F)C1=O. The fourth-order valence-corrected chi connectivity index (χ4v) is 4.41. The Kier molecular flexibility index (Phi) is 4.72. The van der Waals surface area contributed by atoms with Crippen LogP contribution >= 0.6 is 0 Å². The van der Waals surface area contributed by atoms with Crippen LogP contribution in [0.4, 0.5) is 22.0 Å². The van der Waals surface area contributed by atoms with E-state index in [2.05, 4.69) is 0 Å². The number of aryl methyl sites for hydroxylation is 1. The molecule has 10 heteroatoms. The molecule has 3 aromatic rings. The van der Waals surface area contributed by atoms with Gasteiger partial charge >= 0.3 is 0 Å². The summed E-state index contributed by atoms with van der Waals surface area (Å²) >= 11 is 0. The summed E-state index contributed by atoms with van der Waals surface area (Å²) in [6.45, 7) is 1.29. The minimum Gasteiger partial charge on any atom is -0.346 e. The Morgan fingerprint density at radius 1 is 0.906 bits per heavy atom. The minimum atomic E-state index is -2.39. The molecule has 2 aromatic carbocycles. The number of aromatic nitrogens is 1. The van der Waals surface area contributed by atoms with Crippen molar-refractivity contribution >= 4 is 28.5 Å². The van der Waals surface area contributed by atoms with Gasteiger partial charge in [0, 0.05) is 37.1 Å². The molecular formula is C22H15F5N2O3. The van der Waals surface area contributed by atoms with Crippen molar-refractivity contribution in [3.63, 3.8) is 0 Å². The second-order valence-electron chi connectivity index (χ2n) is 7.85. The van der Waals surface area contributed by atoms with Gasteiger partial charge in [-0.15, -0.1) is 0 Å². The van der Waals surface area contributed by atoms with Crippen LogP contribution in [0, 0.1) is 29.1 Å². The van der Waals surface area contributed by atoms with E-state index in [9.17, 15) is 36.3 Å². The van der Waals surface area contributed by atoms with Gasteiger partial charge in [-0.1, -0.05) is 18.2 Å². The van der Waals surface area contributed by atoms with Crippen LogP contribution in [0.3, 0.4) is 0 Å². The standard InChI is InChI=1S/C22H15F5N2O3/c1-22(8-11(30)13-14(23)16(25)18(27)17(26)15(13)24)19-12(20(31)29(3)21(22)32)9-6-4-5-7-10(9)28(19)2/h4-7H,8H2,1-3H3. The van der Waals surface area contributed by atoms with Crippen molar-refractivity contribution in [3.8, 4) is 0 Å². The molecule has 166 valence electrons. The average molecular weight is 450 g/mol. The highest BCUT2D eigenvalue weighted by molar-refractivity contribution is 6.20.